The summed E-state index contributed by atoms with van der Waals surface area (Å²) in [5.74, 6) is -0.426. The molecule has 0 saturated heterocycles. The van der Waals surface area contributed by atoms with E-state index in [1.165, 1.54) is 12.1 Å². The van der Waals surface area contributed by atoms with Crippen LogP contribution < -0.4 is 10.6 Å². The van der Waals surface area contributed by atoms with E-state index in [2.05, 4.69) is 20.6 Å². The number of benzene rings is 1. The number of fused-ring (bicyclic) bond motifs is 1. The van der Waals surface area contributed by atoms with E-state index in [4.69, 9.17) is 4.74 Å². The number of hydrogen-bond acceptors (Lipinski definition) is 5. The number of amides is 2. The van der Waals surface area contributed by atoms with Gasteiger partial charge in [0.25, 0.3) is 11.8 Å². The van der Waals surface area contributed by atoms with E-state index in [0.717, 1.165) is 5.56 Å². The molecule has 1 aliphatic rings. The molecular formula is C24H26FN5O3. The average molecular weight is 452 g/mol. The Kier molecular flexibility index (Phi) is 6.79. The SMILES string of the molecule is CC[C@@H](NC(=O)c1cc(C(=O)N[C@H](C)c2ccc(F)cc2)n2c1COCC2)c1ncccn1. The van der Waals surface area contributed by atoms with Crippen LogP contribution in [0, 0.1) is 5.82 Å². The van der Waals surface area contributed by atoms with Gasteiger partial charge in [0.05, 0.1) is 36.6 Å². The zero-order valence-electron chi connectivity index (χ0n) is 18.5. The summed E-state index contributed by atoms with van der Waals surface area (Å²) in [6.07, 6.45) is 3.89. The molecule has 2 N–H and O–H groups in total. The zero-order valence-corrected chi connectivity index (χ0v) is 18.5. The predicted octanol–water partition coefficient (Wildman–Crippen LogP) is 3.32. The molecule has 3 aromatic rings. The second kappa shape index (κ2) is 9.91. The quantitative estimate of drug-likeness (QED) is 0.574. The number of nitrogens with zero attached hydrogens (tertiary/aromatic N) is 3. The van der Waals surface area contributed by atoms with Crippen LogP contribution in [0.15, 0.2) is 48.8 Å². The highest BCUT2D eigenvalue weighted by molar-refractivity contribution is 6.01. The van der Waals surface area contributed by atoms with Crippen molar-refractivity contribution in [3.8, 4) is 0 Å². The van der Waals surface area contributed by atoms with Crippen molar-refractivity contribution in [2.45, 2.75) is 45.5 Å². The highest BCUT2D eigenvalue weighted by Crippen LogP contribution is 2.23. The number of carbonyl (C=O) groups is 2. The van der Waals surface area contributed by atoms with Crippen molar-refractivity contribution in [2.24, 2.45) is 0 Å². The maximum atomic E-state index is 13.2. The molecule has 2 atom stereocenters. The van der Waals surface area contributed by atoms with E-state index in [9.17, 15) is 14.0 Å². The summed E-state index contributed by atoms with van der Waals surface area (Å²) in [7, 11) is 0. The summed E-state index contributed by atoms with van der Waals surface area (Å²) in [4.78, 5) is 34.8. The van der Waals surface area contributed by atoms with Gasteiger partial charge < -0.3 is 19.9 Å². The van der Waals surface area contributed by atoms with Crippen LogP contribution >= 0.6 is 0 Å². The van der Waals surface area contributed by atoms with Crippen LogP contribution in [-0.4, -0.2) is 33.0 Å². The molecular weight excluding hydrogens is 425 g/mol. The minimum Gasteiger partial charge on any atom is -0.373 e. The molecule has 2 amide bonds. The lowest BCUT2D eigenvalue weighted by Crippen LogP contribution is -2.31. The van der Waals surface area contributed by atoms with Gasteiger partial charge in [-0.3, -0.25) is 9.59 Å². The highest BCUT2D eigenvalue weighted by Gasteiger charge is 2.28. The number of carbonyl (C=O) groups excluding carboxylic acids is 2. The molecule has 0 aliphatic carbocycles. The van der Waals surface area contributed by atoms with Crippen molar-refractivity contribution < 1.29 is 18.7 Å². The van der Waals surface area contributed by atoms with Crippen molar-refractivity contribution in [3.63, 3.8) is 0 Å². The van der Waals surface area contributed by atoms with Crippen molar-refractivity contribution in [1.82, 2.24) is 25.2 Å². The smallest absolute Gasteiger partial charge is 0.268 e. The van der Waals surface area contributed by atoms with Crippen LogP contribution in [0.2, 0.25) is 0 Å². The minimum atomic E-state index is -0.352. The third-order valence-corrected chi connectivity index (χ3v) is 5.71. The molecule has 0 bridgehead atoms. The second-order valence-corrected chi connectivity index (χ2v) is 7.88. The van der Waals surface area contributed by atoms with Crippen molar-refractivity contribution in [2.75, 3.05) is 6.61 Å². The largest absolute Gasteiger partial charge is 0.373 e. The molecule has 1 aromatic carbocycles. The van der Waals surface area contributed by atoms with Crippen LogP contribution in [0.3, 0.4) is 0 Å². The van der Waals surface area contributed by atoms with Gasteiger partial charge in [-0.15, -0.1) is 0 Å². The topological polar surface area (TPSA) is 98.1 Å². The lowest BCUT2D eigenvalue weighted by Gasteiger charge is -2.21. The molecule has 8 nitrogen and oxygen atoms in total. The van der Waals surface area contributed by atoms with Crippen LogP contribution in [0.1, 0.15) is 70.3 Å². The summed E-state index contributed by atoms with van der Waals surface area (Å²) in [6.45, 7) is 4.92. The summed E-state index contributed by atoms with van der Waals surface area (Å²) in [5.41, 5.74) is 2.22. The number of ether oxygens (including phenoxy) is 1. The summed E-state index contributed by atoms with van der Waals surface area (Å²) in [5, 5.41) is 5.91. The normalized spacial score (nSPS) is 14.8. The Morgan fingerprint density at radius 2 is 1.88 bits per heavy atom. The summed E-state index contributed by atoms with van der Waals surface area (Å²) in [6, 6.07) is 8.63. The first-order valence-corrected chi connectivity index (χ1v) is 10.9. The fourth-order valence-electron chi connectivity index (χ4n) is 3.89. The van der Waals surface area contributed by atoms with Crippen molar-refractivity contribution in [3.05, 3.63) is 82.9 Å². The fourth-order valence-corrected chi connectivity index (χ4v) is 3.89. The predicted molar refractivity (Wildman–Crippen MR) is 119 cm³/mol. The van der Waals surface area contributed by atoms with Crippen LogP contribution in [0.5, 0.6) is 0 Å². The van der Waals surface area contributed by atoms with E-state index < -0.39 is 0 Å². The molecule has 0 spiro atoms. The van der Waals surface area contributed by atoms with Gasteiger partial charge in [0.1, 0.15) is 17.3 Å². The lowest BCUT2D eigenvalue weighted by molar-refractivity contribution is 0.0774. The van der Waals surface area contributed by atoms with Gasteiger partial charge >= 0.3 is 0 Å². The Morgan fingerprint density at radius 3 is 2.58 bits per heavy atom. The average Bonchev–Trinajstić information content (AvgIpc) is 3.23. The number of rotatable bonds is 7. The van der Waals surface area contributed by atoms with E-state index in [-0.39, 0.29) is 36.3 Å². The Morgan fingerprint density at radius 1 is 1.15 bits per heavy atom. The Hall–Kier alpha value is -3.59. The zero-order chi connectivity index (χ0) is 23.4. The van der Waals surface area contributed by atoms with Gasteiger partial charge in [0.2, 0.25) is 0 Å². The second-order valence-electron chi connectivity index (χ2n) is 7.88. The molecule has 9 heteroatoms. The lowest BCUT2D eigenvalue weighted by atomic mass is 10.1. The van der Waals surface area contributed by atoms with Gasteiger partial charge in [-0.2, -0.15) is 0 Å². The van der Waals surface area contributed by atoms with Crippen molar-refractivity contribution in [1.29, 1.82) is 0 Å². The van der Waals surface area contributed by atoms with E-state index in [1.807, 2.05) is 18.4 Å². The van der Waals surface area contributed by atoms with Crippen LogP contribution in [-0.2, 0) is 17.9 Å². The number of hydrogen-bond donors (Lipinski definition) is 2. The van der Waals surface area contributed by atoms with Gasteiger partial charge in [0.15, 0.2) is 0 Å². The van der Waals surface area contributed by atoms with Crippen LogP contribution in [0.25, 0.3) is 0 Å². The monoisotopic (exact) mass is 451 g/mol. The van der Waals surface area contributed by atoms with Crippen molar-refractivity contribution >= 4 is 11.8 Å². The fraction of sp³-hybridized carbons (Fsp3) is 0.333. The van der Waals surface area contributed by atoms with Gasteiger partial charge in [-0.25, -0.2) is 14.4 Å². The number of halogens is 1. The van der Waals surface area contributed by atoms with E-state index >= 15 is 0 Å². The first kappa shape index (κ1) is 22.6. The standard InChI is InChI=1S/C24H26FN5O3/c1-3-19(22-26-9-4-10-27-22)29-23(31)18-13-20(30-11-12-33-14-21(18)30)24(32)28-15(2)16-5-7-17(25)8-6-16/h4-10,13,15,19H,3,11-12,14H2,1-2H3,(H,28,32)(H,29,31)/t15-,19-/m1/s1. The molecule has 4 rings (SSSR count). The minimum absolute atomic E-state index is 0.238. The van der Waals surface area contributed by atoms with Gasteiger partial charge in [0, 0.05) is 18.9 Å². The molecule has 0 unspecified atom stereocenters. The molecule has 0 radical (unpaired) electrons. The molecule has 33 heavy (non-hydrogen) atoms. The van der Waals surface area contributed by atoms with Gasteiger partial charge in [-0.1, -0.05) is 19.1 Å². The first-order chi connectivity index (χ1) is 16.0. The first-order valence-electron chi connectivity index (χ1n) is 10.9. The van der Waals surface area contributed by atoms with E-state index in [1.54, 1.807) is 36.7 Å². The maximum absolute atomic E-state index is 13.2. The maximum Gasteiger partial charge on any atom is 0.268 e. The Labute approximate surface area is 191 Å². The summed E-state index contributed by atoms with van der Waals surface area (Å²) >= 11 is 0. The molecule has 0 fully saturated rings. The molecule has 3 heterocycles. The highest BCUT2D eigenvalue weighted by atomic mass is 19.1. The molecule has 172 valence electrons. The van der Waals surface area contributed by atoms with E-state index in [0.29, 0.717) is 42.3 Å². The van der Waals surface area contributed by atoms with Crippen LogP contribution in [0.4, 0.5) is 4.39 Å². The number of aromatic nitrogens is 3. The Balaban J connectivity index is 1.56. The molecule has 0 saturated carbocycles. The summed E-state index contributed by atoms with van der Waals surface area (Å²) < 4.78 is 20.6. The molecule has 2 aromatic heterocycles. The number of nitrogens with one attached hydrogen (secondary N) is 2. The third-order valence-electron chi connectivity index (χ3n) is 5.71. The Bertz CT molecular complexity index is 1130. The molecule has 1 aliphatic heterocycles. The third kappa shape index (κ3) is 4.93. The van der Waals surface area contributed by atoms with Gasteiger partial charge in [-0.05, 0) is 43.2 Å².